The van der Waals surface area contributed by atoms with E-state index in [1.165, 1.54) is 0 Å². The standard InChI is InChI=1S/C26H29N3O6S/c1-5-35-19-7-6-16(12-20(19)34-4)24-21-22(18-11-14(2)10-15(3)25(18)30)27-28-23(21)26(31)29(24)17-8-9-36(32,33)13-17/h6-7,10-12,17,24,30H,5,8-9,13H2,1-4H3,(H,27,28). The van der Waals surface area contributed by atoms with Gasteiger partial charge in [0.1, 0.15) is 17.1 Å². The number of fused-ring (bicyclic) bond motifs is 1. The third-order valence-electron chi connectivity index (χ3n) is 6.91. The average Bonchev–Trinajstić information content (AvgIpc) is 3.50. The van der Waals surface area contributed by atoms with Gasteiger partial charge in [-0.3, -0.25) is 9.89 Å². The Morgan fingerprint density at radius 3 is 2.64 bits per heavy atom. The van der Waals surface area contributed by atoms with E-state index in [1.807, 2.05) is 45.0 Å². The van der Waals surface area contributed by atoms with E-state index >= 15 is 0 Å². The van der Waals surface area contributed by atoms with Gasteiger partial charge in [-0.2, -0.15) is 5.10 Å². The van der Waals surface area contributed by atoms with Gasteiger partial charge in [-0.1, -0.05) is 12.1 Å². The molecule has 2 unspecified atom stereocenters. The molecule has 36 heavy (non-hydrogen) atoms. The van der Waals surface area contributed by atoms with Crippen molar-refractivity contribution in [2.24, 2.45) is 0 Å². The van der Waals surface area contributed by atoms with Crippen LogP contribution in [0.1, 0.15) is 52.1 Å². The number of aromatic hydroxyl groups is 1. The van der Waals surface area contributed by atoms with E-state index in [-0.39, 0.29) is 23.2 Å². The van der Waals surface area contributed by atoms with Crippen molar-refractivity contribution in [2.75, 3.05) is 25.2 Å². The van der Waals surface area contributed by atoms with E-state index in [4.69, 9.17) is 9.47 Å². The molecule has 2 aliphatic rings. The molecule has 1 fully saturated rings. The van der Waals surface area contributed by atoms with Gasteiger partial charge in [-0.15, -0.1) is 0 Å². The number of amides is 1. The molecule has 2 N–H and O–H groups in total. The van der Waals surface area contributed by atoms with Crippen molar-refractivity contribution in [3.63, 3.8) is 0 Å². The number of phenolic OH excluding ortho intramolecular Hbond substituents is 1. The number of benzene rings is 2. The topological polar surface area (TPSA) is 122 Å². The average molecular weight is 512 g/mol. The summed E-state index contributed by atoms with van der Waals surface area (Å²) in [5.41, 5.74) is 4.26. The number of ether oxygens (including phenoxy) is 2. The van der Waals surface area contributed by atoms with E-state index in [0.29, 0.717) is 52.6 Å². The minimum Gasteiger partial charge on any atom is -0.507 e. The second-order valence-electron chi connectivity index (χ2n) is 9.35. The second kappa shape index (κ2) is 8.85. The van der Waals surface area contributed by atoms with Gasteiger partial charge in [-0.05, 0) is 62.1 Å². The lowest BCUT2D eigenvalue weighted by atomic mass is 9.93. The van der Waals surface area contributed by atoms with E-state index < -0.39 is 21.9 Å². The maximum absolute atomic E-state index is 13.7. The molecule has 0 aliphatic carbocycles. The van der Waals surface area contributed by atoms with Crippen molar-refractivity contribution in [3.05, 3.63) is 58.3 Å². The van der Waals surface area contributed by atoms with E-state index in [0.717, 1.165) is 11.1 Å². The molecule has 190 valence electrons. The van der Waals surface area contributed by atoms with E-state index in [2.05, 4.69) is 10.2 Å². The molecule has 3 aromatic rings. The molecule has 2 aliphatic heterocycles. The number of aryl methyl sites for hydroxylation is 2. The van der Waals surface area contributed by atoms with Crippen molar-refractivity contribution in [1.82, 2.24) is 15.1 Å². The molecule has 0 spiro atoms. The van der Waals surface area contributed by atoms with Crippen molar-refractivity contribution in [2.45, 2.75) is 39.3 Å². The lowest BCUT2D eigenvalue weighted by Gasteiger charge is -2.31. The maximum Gasteiger partial charge on any atom is 0.273 e. The minimum atomic E-state index is -3.24. The smallest absolute Gasteiger partial charge is 0.273 e. The summed E-state index contributed by atoms with van der Waals surface area (Å²) < 4.78 is 36.0. The summed E-state index contributed by atoms with van der Waals surface area (Å²) in [7, 11) is -1.70. The summed E-state index contributed by atoms with van der Waals surface area (Å²) in [6.45, 7) is 6.09. The number of carbonyl (C=O) groups is 1. The third kappa shape index (κ3) is 3.89. The molecule has 10 heteroatoms. The van der Waals surface area contributed by atoms with Crippen molar-refractivity contribution in [1.29, 1.82) is 0 Å². The van der Waals surface area contributed by atoms with Crippen LogP contribution in [0.25, 0.3) is 11.3 Å². The number of carbonyl (C=O) groups excluding carboxylic acids is 1. The maximum atomic E-state index is 13.7. The Morgan fingerprint density at radius 2 is 1.97 bits per heavy atom. The first-order valence-electron chi connectivity index (χ1n) is 11.9. The molecule has 1 saturated heterocycles. The Hall–Kier alpha value is -3.53. The Kier molecular flexibility index (Phi) is 5.94. The summed E-state index contributed by atoms with van der Waals surface area (Å²) in [5, 5.41) is 18.2. The Balaban J connectivity index is 1.72. The zero-order chi connectivity index (χ0) is 25.8. The fraction of sp³-hybridized carbons (Fsp3) is 0.385. The highest BCUT2D eigenvalue weighted by molar-refractivity contribution is 7.91. The summed E-state index contributed by atoms with van der Waals surface area (Å²) in [6.07, 6.45) is 0.362. The number of aromatic nitrogens is 2. The summed E-state index contributed by atoms with van der Waals surface area (Å²) in [4.78, 5) is 15.4. The number of hydrogen-bond acceptors (Lipinski definition) is 7. The molecule has 1 amide bonds. The molecular formula is C26H29N3O6S. The molecule has 0 saturated carbocycles. The highest BCUT2D eigenvalue weighted by Crippen LogP contribution is 2.48. The Labute approximate surface area is 210 Å². The molecular weight excluding hydrogens is 482 g/mol. The fourth-order valence-corrected chi connectivity index (χ4v) is 7.05. The monoisotopic (exact) mass is 511 g/mol. The Morgan fingerprint density at radius 1 is 1.19 bits per heavy atom. The molecule has 3 heterocycles. The second-order valence-corrected chi connectivity index (χ2v) is 11.6. The van der Waals surface area contributed by atoms with E-state index in [9.17, 15) is 18.3 Å². The van der Waals surface area contributed by atoms with Gasteiger partial charge in [0.15, 0.2) is 21.3 Å². The number of phenols is 1. The number of methoxy groups -OCH3 is 1. The van der Waals surface area contributed by atoms with Crippen LogP contribution in [0.2, 0.25) is 0 Å². The number of nitrogens with one attached hydrogen (secondary N) is 1. The third-order valence-corrected chi connectivity index (χ3v) is 8.66. The van der Waals surface area contributed by atoms with Gasteiger partial charge >= 0.3 is 0 Å². The van der Waals surface area contributed by atoms with Gasteiger partial charge in [0.05, 0.1) is 31.3 Å². The molecule has 5 rings (SSSR count). The van der Waals surface area contributed by atoms with Crippen LogP contribution in [0.5, 0.6) is 17.2 Å². The molecule has 0 bridgehead atoms. The highest BCUT2D eigenvalue weighted by Gasteiger charge is 2.48. The first kappa shape index (κ1) is 24.2. The van der Waals surface area contributed by atoms with Crippen LogP contribution in [0.3, 0.4) is 0 Å². The number of aromatic amines is 1. The number of hydrogen-bond donors (Lipinski definition) is 2. The molecule has 0 radical (unpaired) electrons. The zero-order valence-electron chi connectivity index (χ0n) is 20.7. The van der Waals surface area contributed by atoms with Gasteiger partial charge in [0, 0.05) is 17.2 Å². The Bertz CT molecular complexity index is 1460. The van der Waals surface area contributed by atoms with Crippen LogP contribution in [0.15, 0.2) is 30.3 Å². The van der Waals surface area contributed by atoms with Crippen molar-refractivity contribution in [3.8, 4) is 28.5 Å². The highest BCUT2D eigenvalue weighted by atomic mass is 32.2. The van der Waals surface area contributed by atoms with Crippen molar-refractivity contribution >= 4 is 15.7 Å². The predicted octanol–water partition coefficient (Wildman–Crippen LogP) is 3.54. The minimum absolute atomic E-state index is 0.0394. The van der Waals surface area contributed by atoms with Crippen LogP contribution in [-0.4, -0.2) is 65.8 Å². The van der Waals surface area contributed by atoms with Crippen LogP contribution in [0, 0.1) is 13.8 Å². The SMILES string of the molecule is CCOc1ccc(C2c3c(-c4cc(C)cc(C)c4O)n[nH]c3C(=O)N2C2CCS(=O)(=O)C2)cc1OC. The number of rotatable bonds is 6. The molecule has 2 atom stereocenters. The number of nitrogens with zero attached hydrogens (tertiary/aromatic N) is 2. The first-order valence-corrected chi connectivity index (χ1v) is 13.7. The van der Waals surface area contributed by atoms with Gasteiger partial charge in [0.25, 0.3) is 5.91 Å². The summed E-state index contributed by atoms with van der Waals surface area (Å²) in [5.74, 6) is 0.805. The van der Waals surface area contributed by atoms with Crippen LogP contribution < -0.4 is 9.47 Å². The van der Waals surface area contributed by atoms with Crippen LogP contribution >= 0.6 is 0 Å². The van der Waals surface area contributed by atoms with Crippen molar-refractivity contribution < 1.29 is 27.8 Å². The largest absolute Gasteiger partial charge is 0.507 e. The fourth-order valence-electron chi connectivity index (χ4n) is 5.34. The van der Waals surface area contributed by atoms with Gasteiger partial charge < -0.3 is 19.5 Å². The lowest BCUT2D eigenvalue weighted by Crippen LogP contribution is -2.40. The summed E-state index contributed by atoms with van der Waals surface area (Å²) >= 11 is 0. The van der Waals surface area contributed by atoms with E-state index in [1.54, 1.807) is 18.1 Å². The summed E-state index contributed by atoms with van der Waals surface area (Å²) in [6, 6.07) is 8.07. The molecule has 2 aromatic carbocycles. The first-order chi connectivity index (χ1) is 17.1. The number of H-pyrrole nitrogens is 1. The van der Waals surface area contributed by atoms with Gasteiger partial charge in [-0.25, -0.2) is 8.42 Å². The molecule has 1 aromatic heterocycles. The van der Waals surface area contributed by atoms with Crippen LogP contribution in [0.4, 0.5) is 0 Å². The van der Waals surface area contributed by atoms with Crippen LogP contribution in [-0.2, 0) is 9.84 Å². The lowest BCUT2D eigenvalue weighted by molar-refractivity contribution is 0.0677. The number of sulfone groups is 1. The molecule has 9 nitrogen and oxygen atoms in total. The zero-order valence-corrected chi connectivity index (χ0v) is 21.5. The predicted molar refractivity (Wildman–Crippen MR) is 134 cm³/mol. The normalized spacial score (nSPS) is 20.6. The van der Waals surface area contributed by atoms with Gasteiger partial charge in [0.2, 0.25) is 0 Å². The quantitative estimate of drug-likeness (QED) is 0.519.